The number of rotatable bonds is 5. The Bertz CT molecular complexity index is 809. The zero-order chi connectivity index (χ0) is 15.5. The molecular weight excluding hydrogens is 274 g/mol. The summed E-state index contributed by atoms with van der Waals surface area (Å²) < 4.78 is 1.81. The third kappa shape index (κ3) is 2.80. The van der Waals surface area contributed by atoms with Gasteiger partial charge in [-0.1, -0.05) is 6.08 Å². The molecule has 0 unspecified atom stereocenters. The van der Waals surface area contributed by atoms with Crippen molar-refractivity contribution >= 4 is 16.6 Å². The minimum absolute atomic E-state index is 0.908. The largest absolute Gasteiger partial charge is 0.346 e. The Labute approximate surface area is 130 Å². The number of nitrogens with zero attached hydrogens (tertiary/aromatic N) is 3. The maximum atomic E-state index is 4.54. The number of aromatic nitrogens is 4. The van der Waals surface area contributed by atoms with Crippen LogP contribution < -0.4 is 5.32 Å². The van der Waals surface area contributed by atoms with Crippen molar-refractivity contribution < 1.29 is 0 Å². The third-order valence-electron chi connectivity index (χ3n) is 3.85. The monoisotopic (exact) mass is 295 g/mol. The van der Waals surface area contributed by atoms with Crippen molar-refractivity contribution in [3.8, 4) is 11.1 Å². The van der Waals surface area contributed by atoms with E-state index in [2.05, 4.69) is 39.4 Å². The van der Waals surface area contributed by atoms with Gasteiger partial charge in [-0.25, -0.2) is 4.98 Å². The molecule has 0 atom stereocenters. The van der Waals surface area contributed by atoms with Crippen LogP contribution in [-0.4, -0.2) is 33.3 Å². The van der Waals surface area contributed by atoms with Crippen molar-refractivity contribution in [1.29, 1.82) is 0 Å². The number of allylic oxidation sites excluding steroid dienone is 1. The van der Waals surface area contributed by atoms with Crippen molar-refractivity contribution in [3.63, 3.8) is 0 Å². The summed E-state index contributed by atoms with van der Waals surface area (Å²) in [5.41, 5.74) is 5.56. The van der Waals surface area contributed by atoms with Gasteiger partial charge in [0.15, 0.2) is 0 Å². The van der Waals surface area contributed by atoms with Crippen LogP contribution in [0.5, 0.6) is 0 Å². The summed E-state index contributed by atoms with van der Waals surface area (Å²) in [6, 6.07) is 2.20. The number of H-pyrrole nitrogens is 1. The number of nitrogens with one attached hydrogen (secondary N) is 2. The molecule has 3 rings (SSSR count). The number of hydrogen-bond donors (Lipinski definition) is 2. The molecule has 0 aliphatic carbocycles. The van der Waals surface area contributed by atoms with E-state index in [1.54, 1.807) is 0 Å². The van der Waals surface area contributed by atoms with Crippen LogP contribution in [0.15, 0.2) is 36.9 Å². The average Bonchev–Trinajstić information content (AvgIpc) is 3.12. The number of hydrogen-bond acceptors (Lipinski definition) is 3. The van der Waals surface area contributed by atoms with Crippen LogP contribution in [0, 0.1) is 0 Å². The first-order chi connectivity index (χ1) is 10.7. The van der Waals surface area contributed by atoms with Crippen molar-refractivity contribution in [2.45, 2.75) is 13.3 Å². The van der Waals surface area contributed by atoms with E-state index in [1.165, 1.54) is 5.57 Å². The van der Waals surface area contributed by atoms with Gasteiger partial charge in [0, 0.05) is 42.2 Å². The van der Waals surface area contributed by atoms with Gasteiger partial charge in [0.25, 0.3) is 0 Å². The standard InChI is InChI=1S/C17H21N5/c1-12(5-4-6-18-2)13-7-15-16(10-20-17(15)19-8-13)14-9-21-22(3)11-14/h5,7-11,18H,4,6H2,1-3H3,(H,19,20)/b12-5+. The zero-order valence-corrected chi connectivity index (χ0v) is 13.2. The fourth-order valence-corrected chi connectivity index (χ4v) is 2.57. The molecule has 3 aromatic rings. The number of aromatic amines is 1. The first-order valence-electron chi connectivity index (χ1n) is 7.47. The second kappa shape index (κ2) is 6.15. The molecule has 0 fully saturated rings. The molecule has 2 N–H and O–H groups in total. The fourth-order valence-electron chi connectivity index (χ4n) is 2.57. The summed E-state index contributed by atoms with van der Waals surface area (Å²) >= 11 is 0. The highest BCUT2D eigenvalue weighted by Crippen LogP contribution is 2.29. The smallest absolute Gasteiger partial charge is 0.137 e. The first kappa shape index (κ1) is 14.5. The Morgan fingerprint density at radius 1 is 1.41 bits per heavy atom. The van der Waals surface area contributed by atoms with Crippen LogP contribution >= 0.6 is 0 Å². The first-order valence-corrected chi connectivity index (χ1v) is 7.47. The van der Waals surface area contributed by atoms with Crippen molar-refractivity contribution in [2.24, 2.45) is 7.05 Å². The maximum absolute atomic E-state index is 4.54. The van der Waals surface area contributed by atoms with E-state index in [0.29, 0.717) is 0 Å². The zero-order valence-electron chi connectivity index (χ0n) is 13.2. The SMILES string of the molecule is CNCC/C=C(\C)c1cnc2[nH]cc(-c3cnn(C)c3)c2c1. The lowest BCUT2D eigenvalue weighted by atomic mass is 10.0. The van der Waals surface area contributed by atoms with Gasteiger partial charge in [0.1, 0.15) is 5.65 Å². The highest BCUT2D eigenvalue weighted by atomic mass is 15.2. The molecule has 0 bridgehead atoms. The highest BCUT2D eigenvalue weighted by molar-refractivity contribution is 5.94. The van der Waals surface area contributed by atoms with E-state index in [1.807, 2.05) is 43.6 Å². The van der Waals surface area contributed by atoms with E-state index in [0.717, 1.165) is 40.7 Å². The molecule has 3 heterocycles. The molecule has 3 aromatic heterocycles. The molecule has 114 valence electrons. The van der Waals surface area contributed by atoms with Gasteiger partial charge in [0.05, 0.1) is 6.20 Å². The van der Waals surface area contributed by atoms with Crippen molar-refractivity contribution in [1.82, 2.24) is 25.1 Å². The summed E-state index contributed by atoms with van der Waals surface area (Å²) in [7, 11) is 3.90. The number of pyridine rings is 1. The van der Waals surface area contributed by atoms with Crippen LogP contribution in [0.4, 0.5) is 0 Å². The Morgan fingerprint density at radius 3 is 3.00 bits per heavy atom. The summed E-state index contributed by atoms with van der Waals surface area (Å²) in [5, 5.41) is 8.54. The summed E-state index contributed by atoms with van der Waals surface area (Å²) in [5.74, 6) is 0. The van der Waals surface area contributed by atoms with Crippen LogP contribution in [0.2, 0.25) is 0 Å². The molecule has 0 aliphatic rings. The van der Waals surface area contributed by atoms with Gasteiger partial charge >= 0.3 is 0 Å². The molecule has 5 heteroatoms. The minimum atomic E-state index is 0.908. The van der Waals surface area contributed by atoms with E-state index in [9.17, 15) is 0 Å². The molecule has 0 saturated heterocycles. The van der Waals surface area contributed by atoms with E-state index in [-0.39, 0.29) is 0 Å². The van der Waals surface area contributed by atoms with Gasteiger partial charge in [-0.3, -0.25) is 4.68 Å². The predicted molar refractivity (Wildman–Crippen MR) is 90.5 cm³/mol. The quantitative estimate of drug-likeness (QED) is 0.711. The lowest BCUT2D eigenvalue weighted by Gasteiger charge is -2.03. The van der Waals surface area contributed by atoms with Crippen LogP contribution in [0.25, 0.3) is 27.7 Å². The maximum Gasteiger partial charge on any atom is 0.137 e. The second-order valence-corrected chi connectivity index (χ2v) is 5.50. The van der Waals surface area contributed by atoms with Gasteiger partial charge in [-0.05, 0) is 44.1 Å². The Kier molecular flexibility index (Phi) is 4.06. The normalized spacial score (nSPS) is 12.2. The topological polar surface area (TPSA) is 58.5 Å². The lowest BCUT2D eigenvalue weighted by molar-refractivity contribution is 0.768. The summed E-state index contributed by atoms with van der Waals surface area (Å²) in [6.07, 6.45) is 11.1. The molecule has 5 nitrogen and oxygen atoms in total. The van der Waals surface area contributed by atoms with Crippen LogP contribution in [0.3, 0.4) is 0 Å². The van der Waals surface area contributed by atoms with Crippen LogP contribution in [-0.2, 0) is 7.05 Å². The Balaban J connectivity index is 2.00. The van der Waals surface area contributed by atoms with Gasteiger partial charge < -0.3 is 10.3 Å². The summed E-state index contributed by atoms with van der Waals surface area (Å²) in [6.45, 7) is 3.12. The highest BCUT2D eigenvalue weighted by Gasteiger charge is 2.10. The molecular formula is C17H21N5. The molecule has 0 radical (unpaired) electrons. The van der Waals surface area contributed by atoms with Gasteiger partial charge in [-0.15, -0.1) is 0 Å². The molecule has 0 aliphatic heterocycles. The molecule has 0 saturated carbocycles. The van der Waals surface area contributed by atoms with Crippen LogP contribution in [0.1, 0.15) is 18.9 Å². The summed E-state index contributed by atoms with van der Waals surface area (Å²) in [4.78, 5) is 7.78. The Morgan fingerprint density at radius 2 is 2.27 bits per heavy atom. The molecule has 0 amide bonds. The average molecular weight is 295 g/mol. The molecule has 22 heavy (non-hydrogen) atoms. The van der Waals surface area contributed by atoms with E-state index >= 15 is 0 Å². The predicted octanol–water partition coefficient (Wildman–Crippen LogP) is 2.98. The van der Waals surface area contributed by atoms with E-state index < -0.39 is 0 Å². The third-order valence-corrected chi connectivity index (χ3v) is 3.85. The molecule has 0 aromatic carbocycles. The van der Waals surface area contributed by atoms with Gasteiger partial charge in [0.2, 0.25) is 0 Å². The fraction of sp³-hybridized carbons (Fsp3) is 0.294. The lowest BCUT2D eigenvalue weighted by Crippen LogP contribution is -2.05. The van der Waals surface area contributed by atoms with Crippen molar-refractivity contribution in [2.75, 3.05) is 13.6 Å². The number of fused-ring (bicyclic) bond motifs is 1. The van der Waals surface area contributed by atoms with E-state index in [4.69, 9.17) is 0 Å². The Hall–Kier alpha value is -2.40. The second-order valence-electron chi connectivity index (χ2n) is 5.50. The number of aryl methyl sites for hydroxylation is 1. The van der Waals surface area contributed by atoms with Crippen molar-refractivity contribution in [3.05, 3.63) is 42.5 Å². The minimum Gasteiger partial charge on any atom is -0.346 e. The molecule has 0 spiro atoms. The van der Waals surface area contributed by atoms with Gasteiger partial charge in [-0.2, -0.15) is 5.10 Å².